The summed E-state index contributed by atoms with van der Waals surface area (Å²) < 4.78 is 198. The van der Waals surface area contributed by atoms with Gasteiger partial charge in [0.1, 0.15) is 28.4 Å². The standard InChI is InChI=1S/C37H30F12O8/c1-3-27(50)55-19-7-5-17-53-22-11-9-21(10-12-22)33(52)57-26-16-14-24(30(35(41,42)43)32(26)37(47,48)49)23-13-15-25(54-18-6-8-20-56-28(51)4-2)31(36(44,45)46)29(23)34(38,39)40/h3-4,9-16H,1-2,5-8,17-20H2. The van der Waals surface area contributed by atoms with Crippen LogP contribution in [0.15, 0.2) is 73.8 Å². The zero-order valence-corrected chi connectivity index (χ0v) is 29.1. The van der Waals surface area contributed by atoms with Gasteiger partial charge in [-0.05, 0) is 73.2 Å². The number of benzene rings is 3. The molecule has 0 spiro atoms. The Morgan fingerprint density at radius 3 is 1.30 bits per heavy atom. The molecule has 310 valence electrons. The smallest absolute Gasteiger partial charge is 0.420 e. The van der Waals surface area contributed by atoms with Gasteiger partial charge in [-0.15, -0.1) is 0 Å². The van der Waals surface area contributed by atoms with Crippen molar-refractivity contribution in [1.82, 2.24) is 0 Å². The molecule has 0 fully saturated rings. The lowest BCUT2D eigenvalue weighted by Gasteiger charge is -2.26. The molecular weight excluding hydrogens is 800 g/mol. The van der Waals surface area contributed by atoms with Crippen molar-refractivity contribution in [1.29, 1.82) is 0 Å². The molecule has 0 unspecified atom stereocenters. The fourth-order valence-corrected chi connectivity index (χ4v) is 5.06. The Balaban J connectivity index is 2.03. The number of carbonyl (C=O) groups is 3. The molecule has 0 aliphatic carbocycles. The number of carbonyl (C=O) groups excluding carboxylic acids is 3. The average molecular weight is 831 g/mol. The fraction of sp³-hybridized carbons (Fsp3) is 0.324. The number of esters is 3. The Bertz CT molecular complexity index is 1910. The van der Waals surface area contributed by atoms with Gasteiger partial charge in [0.2, 0.25) is 0 Å². The van der Waals surface area contributed by atoms with E-state index in [1.807, 2.05) is 0 Å². The van der Waals surface area contributed by atoms with Crippen molar-refractivity contribution in [3.05, 3.63) is 102 Å². The summed E-state index contributed by atoms with van der Waals surface area (Å²) in [6, 6.07) is 4.69. The fourth-order valence-electron chi connectivity index (χ4n) is 5.06. The van der Waals surface area contributed by atoms with E-state index in [9.17, 15) is 67.1 Å². The number of rotatable bonds is 17. The van der Waals surface area contributed by atoms with Gasteiger partial charge in [-0.2, -0.15) is 52.7 Å². The molecule has 0 saturated heterocycles. The largest absolute Gasteiger partial charge is 0.494 e. The highest BCUT2D eigenvalue weighted by Gasteiger charge is 2.51. The molecule has 3 rings (SSSR count). The normalized spacial score (nSPS) is 12.1. The van der Waals surface area contributed by atoms with E-state index in [0.717, 1.165) is 36.4 Å². The van der Waals surface area contributed by atoms with Crippen LogP contribution in [-0.2, 0) is 43.8 Å². The van der Waals surface area contributed by atoms with E-state index in [-0.39, 0.29) is 62.7 Å². The summed E-state index contributed by atoms with van der Waals surface area (Å²) in [5.41, 5.74) is -15.5. The zero-order valence-electron chi connectivity index (χ0n) is 29.1. The minimum Gasteiger partial charge on any atom is -0.494 e. The summed E-state index contributed by atoms with van der Waals surface area (Å²) in [4.78, 5) is 34.9. The van der Waals surface area contributed by atoms with E-state index < -0.39 is 99.7 Å². The van der Waals surface area contributed by atoms with Crippen LogP contribution in [0.25, 0.3) is 11.1 Å². The molecule has 0 aliphatic rings. The Morgan fingerprint density at radius 2 is 0.877 bits per heavy atom. The minimum atomic E-state index is -6.19. The molecule has 0 saturated carbocycles. The van der Waals surface area contributed by atoms with Gasteiger partial charge >= 0.3 is 42.6 Å². The van der Waals surface area contributed by atoms with Crippen molar-refractivity contribution in [2.45, 2.75) is 50.4 Å². The van der Waals surface area contributed by atoms with Crippen LogP contribution in [0.5, 0.6) is 17.2 Å². The second-order valence-electron chi connectivity index (χ2n) is 11.5. The Kier molecular flexibility index (Phi) is 15.2. The van der Waals surface area contributed by atoms with E-state index in [4.69, 9.17) is 14.2 Å². The first kappa shape index (κ1) is 45.7. The molecule has 0 heterocycles. The van der Waals surface area contributed by atoms with Crippen LogP contribution in [0.1, 0.15) is 58.3 Å². The van der Waals surface area contributed by atoms with Gasteiger partial charge in [0.15, 0.2) is 0 Å². The van der Waals surface area contributed by atoms with Crippen LogP contribution in [0.3, 0.4) is 0 Å². The molecule has 0 aromatic heterocycles. The van der Waals surface area contributed by atoms with E-state index in [1.54, 1.807) is 0 Å². The lowest BCUT2D eigenvalue weighted by molar-refractivity contribution is -0.163. The molecule has 3 aromatic carbocycles. The van der Waals surface area contributed by atoms with Crippen LogP contribution in [0.2, 0.25) is 0 Å². The molecule has 0 radical (unpaired) electrons. The molecule has 20 heteroatoms. The highest BCUT2D eigenvalue weighted by molar-refractivity contribution is 5.91. The maximum atomic E-state index is 14.6. The quantitative estimate of drug-likeness (QED) is 0.0436. The predicted molar refractivity (Wildman–Crippen MR) is 175 cm³/mol. The molecule has 0 bridgehead atoms. The zero-order chi connectivity index (χ0) is 42.8. The maximum Gasteiger partial charge on any atom is 0.420 e. The minimum absolute atomic E-state index is 0.0196. The highest BCUT2D eigenvalue weighted by atomic mass is 19.4. The molecular formula is C37H30F12O8. The van der Waals surface area contributed by atoms with E-state index in [1.165, 1.54) is 0 Å². The van der Waals surface area contributed by atoms with Gasteiger partial charge in [0, 0.05) is 12.2 Å². The van der Waals surface area contributed by atoms with Gasteiger partial charge in [-0.3, -0.25) is 0 Å². The maximum absolute atomic E-state index is 14.6. The molecule has 0 N–H and O–H groups in total. The van der Waals surface area contributed by atoms with Gasteiger partial charge in [-0.25, -0.2) is 14.4 Å². The van der Waals surface area contributed by atoms with Crippen molar-refractivity contribution < 1.29 is 90.8 Å². The molecule has 0 atom stereocenters. The van der Waals surface area contributed by atoms with Gasteiger partial charge < -0.3 is 23.7 Å². The number of alkyl halides is 12. The third-order valence-electron chi connectivity index (χ3n) is 7.48. The molecule has 57 heavy (non-hydrogen) atoms. The summed E-state index contributed by atoms with van der Waals surface area (Å²) in [6.07, 6.45) is -22.1. The number of hydrogen-bond donors (Lipinski definition) is 0. The summed E-state index contributed by atoms with van der Waals surface area (Å²) in [5.74, 6) is -6.30. The SMILES string of the molecule is C=CC(=O)OCCCCOc1ccc(C(=O)Oc2ccc(-c3ccc(OCCCCOC(=O)C=C)c(C(F)(F)F)c3C(F)(F)F)c(C(F)(F)F)c2C(F)(F)F)cc1. The van der Waals surface area contributed by atoms with Crippen LogP contribution in [-0.4, -0.2) is 44.3 Å². The summed E-state index contributed by atoms with van der Waals surface area (Å²) in [7, 11) is 0. The van der Waals surface area contributed by atoms with Crippen LogP contribution < -0.4 is 14.2 Å². The van der Waals surface area contributed by atoms with Crippen molar-refractivity contribution in [3.63, 3.8) is 0 Å². The average Bonchev–Trinajstić information content (AvgIpc) is 3.12. The Morgan fingerprint density at radius 1 is 0.491 bits per heavy atom. The van der Waals surface area contributed by atoms with E-state index >= 15 is 0 Å². The second kappa shape index (κ2) is 19.0. The van der Waals surface area contributed by atoms with Crippen molar-refractivity contribution in [3.8, 4) is 28.4 Å². The van der Waals surface area contributed by atoms with Gasteiger partial charge in [0.05, 0.1) is 43.1 Å². The van der Waals surface area contributed by atoms with Gasteiger partial charge in [-0.1, -0.05) is 25.3 Å². The monoisotopic (exact) mass is 830 g/mol. The molecule has 0 amide bonds. The summed E-state index contributed by atoms with van der Waals surface area (Å²) in [6.45, 7) is 5.54. The van der Waals surface area contributed by atoms with E-state index in [2.05, 4.69) is 22.6 Å². The number of unbranched alkanes of at least 4 members (excludes halogenated alkanes) is 2. The van der Waals surface area contributed by atoms with Gasteiger partial charge in [0.25, 0.3) is 0 Å². The van der Waals surface area contributed by atoms with Crippen molar-refractivity contribution in [2.75, 3.05) is 26.4 Å². The third-order valence-corrected chi connectivity index (χ3v) is 7.48. The van der Waals surface area contributed by atoms with Crippen LogP contribution >= 0.6 is 0 Å². The third kappa shape index (κ3) is 12.7. The second-order valence-corrected chi connectivity index (χ2v) is 11.5. The Hall–Kier alpha value is -5.69. The lowest BCUT2D eigenvalue weighted by atomic mass is 9.88. The first-order valence-electron chi connectivity index (χ1n) is 16.3. The predicted octanol–water partition coefficient (Wildman–Crippen LogP) is 10.4. The summed E-state index contributed by atoms with van der Waals surface area (Å²) >= 11 is 0. The summed E-state index contributed by atoms with van der Waals surface area (Å²) in [5, 5.41) is 0. The first-order chi connectivity index (χ1) is 26.5. The number of ether oxygens (including phenoxy) is 5. The van der Waals surface area contributed by atoms with Crippen molar-refractivity contribution >= 4 is 17.9 Å². The number of halogens is 12. The number of hydrogen-bond acceptors (Lipinski definition) is 8. The van der Waals surface area contributed by atoms with Crippen LogP contribution in [0, 0.1) is 0 Å². The first-order valence-corrected chi connectivity index (χ1v) is 16.3. The van der Waals surface area contributed by atoms with Crippen molar-refractivity contribution in [2.24, 2.45) is 0 Å². The molecule has 3 aromatic rings. The highest BCUT2D eigenvalue weighted by Crippen LogP contribution is 2.54. The molecule has 0 aliphatic heterocycles. The lowest BCUT2D eigenvalue weighted by Crippen LogP contribution is -2.23. The molecule has 8 nitrogen and oxygen atoms in total. The topological polar surface area (TPSA) is 97.4 Å². The van der Waals surface area contributed by atoms with Crippen LogP contribution in [0.4, 0.5) is 52.7 Å². The van der Waals surface area contributed by atoms with E-state index in [0.29, 0.717) is 12.8 Å². The Labute approximate surface area is 315 Å².